The maximum atomic E-state index is 13.3. The Hall–Kier alpha value is -3.05. The van der Waals surface area contributed by atoms with Gasteiger partial charge in [0.1, 0.15) is 0 Å². The number of nitrogens with zero attached hydrogens (tertiary/aromatic N) is 1. The van der Waals surface area contributed by atoms with Gasteiger partial charge in [0.25, 0.3) is 5.91 Å². The van der Waals surface area contributed by atoms with Crippen molar-refractivity contribution in [2.75, 3.05) is 31.6 Å². The first kappa shape index (κ1) is 27.0. The maximum absolute atomic E-state index is 13.3. The number of esters is 1. The van der Waals surface area contributed by atoms with Gasteiger partial charge in [-0.05, 0) is 65.2 Å². The Labute approximate surface area is 224 Å². The molecule has 1 unspecified atom stereocenters. The minimum Gasteiger partial charge on any atom is -0.444 e. The van der Waals surface area contributed by atoms with Crippen LogP contribution in [0.1, 0.15) is 33.2 Å². The van der Waals surface area contributed by atoms with Gasteiger partial charge in [0, 0.05) is 28.8 Å². The second-order valence-electron chi connectivity index (χ2n) is 8.67. The number of hydrogen-bond donors (Lipinski definition) is 1. The van der Waals surface area contributed by atoms with Gasteiger partial charge in [-0.25, -0.2) is 13.2 Å². The highest BCUT2D eigenvalue weighted by atomic mass is 79.9. The van der Waals surface area contributed by atoms with Crippen LogP contribution in [-0.2, 0) is 24.3 Å². The van der Waals surface area contributed by atoms with E-state index in [0.29, 0.717) is 28.9 Å². The molecular formula is C27H27BrN2O6S. The van der Waals surface area contributed by atoms with Gasteiger partial charge in [-0.3, -0.25) is 4.79 Å². The molecule has 0 aliphatic carbocycles. The lowest BCUT2D eigenvalue weighted by molar-refractivity contribution is -0.125. The van der Waals surface area contributed by atoms with Gasteiger partial charge >= 0.3 is 5.97 Å². The number of morpholine rings is 1. The number of ether oxygens (including phenoxy) is 2. The van der Waals surface area contributed by atoms with Crippen LogP contribution in [0.5, 0.6) is 0 Å². The number of benzene rings is 3. The summed E-state index contributed by atoms with van der Waals surface area (Å²) in [7, 11) is -3.88. The summed E-state index contributed by atoms with van der Waals surface area (Å²) in [6.45, 7) is 4.83. The van der Waals surface area contributed by atoms with Crippen molar-refractivity contribution in [3.8, 4) is 0 Å². The van der Waals surface area contributed by atoms with Crippen molar-refractivity contribution in [3.63, 3.8) is 0 Å². The van der Waals surface area contributed by atoms with Crippen LogP contribution >= 0.6 is 15.9 Å². The largest absolute Gasteiger partial charge is 0.444 e. The molecule has 3 aromatic rings. The second kappa shape index (κ2) is 11.6. The van der Waals surface area contributed by atoms with Crippen molar-refractivity contribution in [1.29, 1.82) is 0 Å². The average Bonchev–Trinajstić information content (AvgIpc) is 2.90. The predicted molar refractivity (Wildman–Crippen MR) is 143 cm³/mol. The van der Waals surface area contributed by atoms with Crippen LogP contribution in [0.4, 0.5) is 5.69 Å². The van der Waals surface area contributed by atoms with E-state index in [1.807, 2.05) is 32.0 Å². The first-order valence-electron chi connectivity index (χ1n) is 11.7. The third-order valence-corrected chi connectivity index (χ3v) is 8.86. The van der Waals surface area contributed by atoms with Crippen LogP contribution in [0.15, 0.2) is 76.1 Å². The van der Waals surface area contributed by atoms with Crippen LogP contribution in [0.2, 0.25) is 0 Å². The molecule has 1 aliphatic heterocycles. The van der Waals surface area contributed by atoms with Crippen molar-refractivity contribution in [2.45, 2.75) is 24.8 Å². The Morgan fingerprint density at radius 3 is 2.41 bits per heavy atom. The third-order valence-electron chi connectivity index (χ3n) is 5.97. The Morgan fingerprint density at radius 2 is 1.70 bits per heavy atom. The molecule has 0 spiro atoms. The number of hydrogen-bond acceptors (Lipinski definition) is 6. The fourth-order valence-corrected chi connectivity index (χ4v) is 6.26. The standard InChI is InChI=1S/C27H27BrN2O6S/c1-18-8-9-19(2)23(16-18)29-26(31)25(20-6-4-3-5-7-20)36-27(32)21-10-11-22(28)24(17-21)37(33,34)30-12-14-35-15-13-30/h3-11,16-17,25H,12-15H2,1-2H3,(H,29,31). The van der Waals surface area contributed by atoms with E-state index in [1.54, 1.807) is 30.3 Å². The highest BCUT2D eigenvalue weighted by Gasteiger charge is 2.31. The van der Waals surface area contributed by atoms with Crippen LogP contribution in [0.25, 0.3) is 0 Å². The normalized spacial score (nSPS) is 15.1. The smallest absolute Gasteiger partial charge is 0.339 e. The summed E-state index contributed by atoms with van der Waals surface area (Å²) >= 11 is 3.29. The van der Waals surface area contributed by atoms with Gasteiger partial charge < -0.3 is 14.8 Å². The number of nitrogens with one attached hydrogen (secondary N) is 1. The molecule has 1 amide bonds. The maximum Gasteiger partial charge on any atom is 0.339 e. The van der Waals surface area contributed by atoms with Gasteiger partial charge in [0.15, 0.2) is 0 Å². The molecule has 8 nitrogen and oxygen atoms in total. The summed E-state index contributed by atoms with van der Waals surface area (Å²) in [5, 5.41) is 2.86. The first-order chi connectivity index (χ1) is 17.7. The van der Waals surface area contributed by atoms with E-state index in [-0.39, 0.29) is 23.5 Å². The summed E-state index contributed by atoms with van der Waals surface area (Å²) in [4.78, 5) is 26.5. The number of amides is 1. The quantitative estimate of drug-likeness (QED) is 0.405. The lowest BCUT2D eigenvalue weighted by Crippen LogP contribution is -2.40. The fourth-order valence-electron chi connectivity index (χ4n) is 3.90. The number of carbonyl (C=O) groups is 2. The molecule has 1 N–H and O–H groups in total. The lowest BCUT2D eigenvalue weighted by atomic mass is 10.1. The van der Waals surface area contributed by atoms with E-state index in [4.69, 9.17) is 9.47 Å². The summed E-state index contributed by atoms with van der Waals surface area (Å²) in [6, 6.07) is 18.5. The lowest BCUT2D eigenvalue weighted by Gasteiger charge is -2.26. The SMILES string of the molecule is Cc1ccc(C)c(NC(=O)C(OC(=O)c2ccc(Br)c(S(=O)(=O)N3CCOCC3)c2)c2ccccc2)c1. The van der Waals surface area contributed by atoms with E-state index >= 15 is 0 Å². The second-order valence-corrected chi connectivity index (χ2v) is 11.4. The molecular weight excluding hydrogens is 560 g/mol. The highest BCUT2D eigenvalue weighted by molar-refractivity contribution is 9.10. The molecule has 1 atom stereocenters. The number of sulfonamides is 1. The minimum absolute atomic E-state index is 0.00972. The molecule has 0 saturated carbocycles. The number of aryl methyl sites for hydroxylation is 2. The van der Waals surface area contributed by atoms with Crippen LogP contribution in [0, 0.1) is 13.8 Å². The van der Waals surface area contributed by atoms with Gasteiger partial charge in [0.2, 0.25) is 16.1 Å². The van der Waals surface area contributed by atoms with Gasteiger partial charge in [0.05, 0.1) is 23.7 Å². The van der Waals surface area contributed by atoms with E-state index < -0.39 is 28.0 Å². The number of halogens is 1. The fraction of sp³-hybridized carbons (Fsp3) is 0.259. The Morgan fingerprint density at radius 1 is 1.00 bits per heavy atom. The van der Waals surface area contributed by atoms with Crippen molar-refractivity contribution >= 4 is 43.5 Å². The van der Waals surface area contributed by atoms with Crippen molar-refractivity contribution in [3.05, 3.63) is 93.5 Å². The molecule has 37 heavy (non-hydrogen) atoms. The van der Waals surface area contributed by atoms with E-state index in [1.165, 1.54) is 22.5 Å². The minimum atomic E-state index is -3.88. The third kappa shape index (κ3) is 6.27. The van der Waals surface area contributed by atoms with Gasteiger partial charge in [-0.2, -0.15) is 4.31 Å². The van der Waals surface area contributed by atoms with Crippen LogP contribution < -0.4 is 5.32 Å². The van der Waals surface area contributed by atoms with Crippen molar-refractivity contribution in [1.82, 2.24) is 4.31 Å². The molecule has 194 valence electrons. The van der Waals surface area contributed by atoms with Gasteiger partial charge in [-0.15, -0.1) is 0 Å². The highest BCUT2D eigenvalue weighted by Crippen LogP contribution is 2.29. The molecule has 1 heterocycles. The molecule has 0 radical (unpaired) electrons. The van der Waals surface area contributed by atoms with E-state index in [2.05, 4.69) is 21.2 Å². The molecule has 10 heteroatoms. The summed E-state index contributed by atoms with van der Waals surface area (Å²) in [6.07, 6.45) is -1.25. The zero-order valence-electron chi connectivity index (χ0n) is 20.4. The molecule has 1 saturated heterocycles. The average molecular weight is 587 g/mol. The zero-order chi connectivity index (χ0) is 26.6. The summed E-state index contributed by atoms with van der Waals surface area (Å²) in [5.74, 6) is -1.34. The van der Waals surface area contributed by atoms with Crippen LogP contribution in [-0.4, -0.2) is 50.9 Å². The first-order valence-corrected chi connectivity index (χ1v) is 13.9. The molecule has 0 aromatic heterocycles. The molecule has 1 fully saturated rings. The summed E-state index contributed by atoms with van der Waals surface area (Å²) < 4.78 is 39.0. The number of rotatable bonds is 7. The Balaban J connectivity index is 1.62. The predicted octanol–water partition coefficient (Wildman–Crippen LogP) is 4.62. The van der Waals surface area contributed by atoms with Gasteiger partial charge in [-0.1, -0.05) is 42.5 Å². The molecule has 0 bridgehead atoms. The Bertz CT molecular complexity index is 1410. The zero-order valence-corrected chi connectivity index (χ0v) is 22.8. The topological polar surface area (TPSA) is 102 Å². The van der Waals surface area contributed by atoms with Crippen molar-refractivity contribution < 1.29 is 27.5 Å². The number of carbonyl (C=O) groups excluding carboxylic acids is 2. The van der Waals surface area contributed by atoms with E-state index in [0.717, 1.165) is 11.1 Å². The molecule has 4 rings (SSSR count). The van der Waals surface area contributed by atoms with Crippen LogP contribution in [0.3, 0.4) is 0 Å². The summed E-state index contributed by atoms with van der Waals surface area (Å²) in [5.41, 5.74) is 2.94. The number of anilines is 1. The monoisotopic (exact) mass is 586 g/mol. The Kier molecular flexibility index (Phi) is 8.43. The molecule has 1 aliphatic rings. The molecule has 3 aromatic carbocycles. The van der Waals surface area contributed by atoms with E-state index in [9.17, 15) is 18.0 Å². The van der Waals surface area contributed by atoms with Crippen molar-refractivity contribution in [2.24, 2.45) is 0 Å².